The number of rotatable bonds is 0. The summed E-state index contributed by atoms with van der Waals surface area (Å²) >= 11 is 3.60. The molecule has 0 rings (SSSR count). The van der Waals surface area contributed by atoms with Crippen LogP contribution in [-0.4, -0.2) is 2.38 Å². The second-order valence-corrected chi connectivity index (χ2v) is 3.60. The van der Waals surface area contributed by atoms with Crippen LogP contribution in [0.1, 0.15) is 0 Å². The van der Waals surface area contributed by atoms with Gasteiger partial charge in [-0.15, -0.1) is 0 Å². The normalized spacial score (nSPS) is 6.50. The zero-order valence-corrected chi connectivity index (χ0v) is 5.54. The van der Waals surface area contributed by atoms with Gasteiger partial charge in [-0.25, -0.2) is 0 Å². The van der Waals surface area contributed by atoms with Gasteiger partial charge in [0.05, 0.1) is 0 Å². The molecule has 0 aromatic carbocycles. The standard InChI is InChI=1S/CIO.Ru/c2-1-3;. The Morgan fingerprint density at radius 2 is 2.00 bits per heavy atom. The molecule has 0 heterocycles. The fraction of sp³-hybridized carbons (Fsp3) is 0. The van der Waals surface area contributed by atoms with Crippen LogP contribution in [0.25, 0.3) is 0 Å². The third kappa shape index (κ3) is 11.8. The quantitative estimate of drug-likeness (QED) is 0.360. The molecule has 0 spiro atoms. The van der Waals surface area contributed by atoms with Crippen molar-refractivity contribution in [2.75, 3.05) is 0 Å². The van der Waals surface area contributed by atoms with Crippen LogP contribution in [0, 0.1) is 0 Å². The third-order valence-corrected chi connectivity index (χ3v) is 0. The minimum absolute atomic E-state index is 0.0667. The second-order valence-electron chi connectivity index (χ2n) is 0.216. The van der Waals surface area contributed by atoms with Crippen molar-refractivity contribution < 1.29 is 23.1 Å². The molecule has 3 heteroatoms. The van der Waals surface area contributed by atoms with E-state index in [1.807, 2.05) is 18.3 Å². The van der Waals surface area contributed by atoms with Gasteiger partial charge in [0.2, 0.25) is 0 Å². The van der Waals surface area contributed by atoms with E-state index in [1.165, 1.54) is 0 Å². The molecule has 4 heavy (non-hydrogen) atoms. The monoisotopic (exact) mass is 257 g/mol. The SMILES string of the molecule is O=[C]([Ru])I. The van der Waals surface area contributed by atoms with Crippen LogP contribution in [0.5, 0.6) is 0 Å². The first-order valence-electron chi connectivity index (χ1n) is 0.570. The summed E-state index contributed by atoms with van der Waals surface area (Å²) in [7, 11) is 0. The zero-order valence-electron chi connectivity index (χ0n) is 1.64. The van der Waals surface area contributed by atoms with E-state index in [0.717, 1.165) is 0 Å². The number of hydrogen-bond acceptors (Lipinski definition) is 1. The number of carbonyl (C=O) groups is 1. The fourth-order valence-corrected chi connectivity index (χ4v) is 0. The van der Waals surface area contributed by atoms with E-state index in [1.54, 1.807) is 22.6 Å². The van der Waals surface area contributed by atoms with Gasteiger partial charge in [-0.05, 0) is 0 Å². The van der Waals surface area contributed by atoms with Crippen molar-refractivity contribution in [3.05, 3.63) is 0 Å². The molecule has 0 saturated carbocycles. The van der Waals surface area contributed by atoms with Crippen molar-refractivity contribution in [2.24, 2.45) is 0 Å². The Morgan fingerprint density at radius 3 is 2.00 bits per heavy atom. The molecule has 0 saturated heterocycles. The molecule has 0 aromatic heterocycles. The van der Waals surface area contributed by atoms with Gasteiger partial charge in [-0.1, -0.05) is 0 Å². The van der Waals surface area contributed by atoms with Crippen LogP contribution in [0.2, 0.25) is 0 Å². The van der Waals surface area contributed by atoms with Crippen molar-refractivity contribution in [1.82, 2.24) is 0 Å². The Bertz CT molecular complexity index is 31.0. The third-order valence-electron chi connectivity index (χ3n) is 0. The molecule has 0 atom stereocenters. The summed E-state index contributed by atoms with van der Waals surface area (Å²) in [5, 5.41) is 0. The molecule has 1 nitrogen and oxygen atoms in total. The molecule has 0 radical (unpaired) electrons. The van der Waals surface area contributed by atoms with Crippen LogP contribution < -0.4 is 0 Å². The van der Waals surface area contributed by atoms with Crippen LogP contribution in [0.15, 0.2) is 0 Å². The summed E-state index contributed by atoms with van der Waals surface area (Å²) < 4.78 is 0.0667. The van der Waals surface area contributed by atoms with Gasteiger partial charge < -0.3 is 0 Å². The Morgan fingerprint density at radius 1 is 2.00 bits per heavy atom. The first-order chi connectivity index (χ1) is 1.73. The van der Waals surface area contributed by atoms with E-state index in [-0.39, 0.29) is 2.38 Å². The van der Waals surface area contributed by atoms with Gasteiger partial charge in [-0.2, -0.15) is 0 Å². The number of hydrogen-bond donors (Lipinski definition) is 0. The number of halogens is 1. The van der Waals surface area contributed by atoms with E-state index in [0.29, 0.717) is 0 Å². The second kappa shape index (κ2) is 2.27. The van der Waals surface area contributed by atoms with Gasteiger partial charge >= 0.3 is 48.1 Å². The molecule has 0 aliphatic rings. The van der Waals surface area contributed by atoms with Crippen LogP contribution >= 0.6 is 22.6 Å². The van der Waals surface area contributed by atoms with Gasteiger partial charge in [-0.3, -0.25) is 0 Å². The summed E-state index contributed by atoms with van der Waals surface area (Å²) in [6, 6.07) is 0. The van der Waals surface area contributed by atoms with E-state index in [9.17, 15) is 4.79 Å². The van der Waals surface area contributed by atoms with Crippen molar-refractivity contribution in [2.45, 2.75) is 0 Å². The van der Waals surface area contributed by atoms with Crippen LogP contribution in [0.4, 0.5) is 4.79 Å². The average Bonchev–Trinajstić information content (AvgIpc) is 0.811. The summed E-state index contributed by atoms with van der Waals surface area (Å²) in [6.45, 7) is 0. The van der Waals surface area contributed by atoms with Crippen molar-refractivity contribution in [3.63, 3.8) is 0 Å². The average molecular weight is 256 g/mol. The molecular weight excluding hydrogens is 256 g/mol. The zero-order chi connectivity index (χ0) is 3.58. The maximum atomic E-state index is 9.40. The van der Waals surface area contributed by atoms with E-state index < -0.39 is 0 Å². The molecule has 25 valence electrons. The minimum atomic E-state index is 0.0667. The number of carbonyl (C=O) groups excluding carboxylic acids is 1. The molecule has 0 N–H and O–H groups in total. The van der Waals surface area contributed by atoms with E-state index in [4.69, 9.17) is 0 Å². The maximum absolute atomic E-state index is 9.40. The Kier molecular flexibility index (Phi) is 2.85. The summed E-state index contributed by atoms with van der Waals surface area (Å²) in [6.07, 6.45) is 0. The predicted molar refractivity (Wildman–Crippen MR) is 19.4 cm³/mol. The predicted octanol–water partition coefficient (Wildman–Crippen LogP) is 1.09. The molecule has 0 fully saturated rings. The Labute approximate surface area is 48.0 Å². The molecule has 0 bridgehead atoms. The van der Waals surface area contributed by atoms with E-state index >= 15 is 0 Å². The first-order valence-corrected chi connectivity index (χ1v) is 2.52. The van der Waals surface area contributed by atoms with Crippen LogP contribution in [-0.2, 0) is 18.3 Å². The van der Waals surface area contributed by atoms with Crippen molar-refractivity contribution >= 4 is 25.0 Å². The van der Waals surface area contributed by atoms with Gasteiger partial charge in [0, 0.05) is 0 Å². The van der Waals surface area contributed by atoms with Gasteiger partial charge in [0.1, 0.15) is 0 Å². The van der Waals surface area contributed by atoms with Gasteiger partial charge in [0.25, 0.3) is 0 Å². The van der Waals surface area contributed by atoms with Crippen molar-refractivity contribution in [1.29, 1.82) is 0 Å². The summed E-state index contributed by atoms with van der Waals surface area (Å²) in [5.41, 5.74) is 0. The Balaban J connectivity index is 2.80. The van der Waals surface area contributed by atoms with E-state index in [2.05, 4.69) is 0 Å². The topological polar surface area (TPSA) is 17.1 Å². The molecule has 0 amide bonds. The fourth-order valence-electron chi connectivity index (χ4n) is 0. The molecule has 0 aliphatic carbocycles. The van der Waals surface area contributed by atoms with Crippen LogP contribution in [0.3, 0.4) is 0 Å². The van der Waals surface area contributed by atoms with Crippen molar-refractivity contribution in [3.8, 4) is 0 Å². The van der Waals surface area contributed by atoms with Gasteiger partial charge in [0.15, 0.2) is 0 Å². The summed E-state index contributed by atoms with van der Waals surface area (Å²) in [4.78, 5) is 9.40. The first kappa shape index (κ1) is 5.02. The molecule has 0 aromatic rings. The Hall–Kier alpha value is 1.02. The summed E-state index contributed by atoms with van der Waals surface area (Å²) in [5.74, 6) is 0. The molecule has 0 unspecified atom stereocenters. The molecular formula is CIORu. The molecule has 0 aliphatic heterocycles.